The number of pyridine rings is 1. The number of fused-ring (bicyclic) bond motifs is 2. The van der Waals surface area contributed by atoms with Crippen LogP contribution in [0.3, 0.4) is 0 Å². The zero-order valence-corrected chi connectivity index (χ0v) is 23.8. The van der Waals surface area contributed by atoms with Gasteiger partial charge in [0.15, 0.2) is 5.75 Å². The zero-order chi connectivity index (χ0) is 28.8. The van der Waals surface area contributed by atoms with Crippen molar-refractivity contribution in [2.45, 2.75) is 37.9 Å². The van der Waals surface area contributed by atoms with Gasteiger partial charge in [0.1, 0.15) is 28.8 Å². The van der Waals surface area contributed by atoms with Crippen LogP contribution in [0.15, 0.2) is 36.9 Å². The number of aliphatic hydroxyl groups excluding tert-OH is 1. The third-order valence-electron chi connectivity index (χ3n) is 8.26. The highest BCUT2D eigenvalue weighted by atomic mass is 35.5. The van der Waals surface area contributed by atoms with Gasteiger partial charge in [-0.15, -0.1) is 0 Å². The molecule has 1 aromatic carbocycles. The Kier molecular flexibility index (Phi) is 7.78. The highest BCUT2D eigenvalue weighted by Gasteiger charge is 2.46. The van der Waals surface area contributed by atoms with Crippen LogP contribution >= 0.6 is 11.6 Å². The average molecular weight is 572 g/mol. The molecule has 3 aliphatic rings. The van der Waals surface area contributed by atoms with Crippen molar-refractivity contribution in [2.75, 3.05) is 57.9 Å². The van der Waals surface area contributed by atoms with Crippen LogP contribution < -0.4 is 9.64 Å². The number of ether oxygens (including phenoxy) is 1. The topological polar surface area (TPSA) is 89.5 Å². The second-order valence-electron chi connectivity index (χ2n) is 11.2. The molecule has 0 radical (unpaired) electrons. The van der Waals surface area contributed by atoms with Crippen LogP contribution in [0.5, 0.6) is 5.75 Å². The SMILES string of the molecule is C=CC(=O)N1CCN2C(=O)c3c(N4CC(N(C)CCO)CC4(C)C)nc(-c4ccccc4F)c(Cl)c3OC[C@H]2C1. The van der Waals surface area contributed by atoms with Crippen LogP contribution in [-0.4, -0.2) is 107 Å². The molecule has 0 aliphatic carbocycles. The fraction of sp³-hybridized carbons (Fsp3) is 0.483. The first-order valence-corrected chi connectivity index (χ1v) is 13.9. The predicted molar refractivity (Wildman–Crippen MR) is 151 cm³/mol. The Labute approximate surface area is 238 Å². The number of amides is 2. The number of aliphatic hydroxyl groups is 1. The lowest BCUT2D eigenvalue weighted by Gasteiger charge is -2.40. The molecule has 1 N–H and O–H groups in total. The van der Waals surface area contributed by atoms with Crippen molar-refractivity contribution in [1.82, 2.24) is 19.7 Å². The van der Waals surface area contributed by atoms with E-state index in [9.17, 15) is 14.7 Å². The molecule has 2 aromatic rings. The molecule has 0 bridgehead atoms. The molecule has 2 fully saturated rings. The van der Waals surface area contributed by atoms with Gasteiger partial charge < -0.3 is 24.5 Å². The van der Waals surface area contributed by atoms with E-state index in [-0.39, 0.29) is 58.7 Å². The molecule has 1 aromatic heterocycles. The Balaban J connectivity index is 1.65. The predicted octanol–water partition coefficient (Wildman–Crippen LogP) is 3.05. The zero-order valence-electron chi connectivity index (χ0n) is 23.1. The Hall–Kier alpha value is -3.21. The molecular weight excluding hydrogens is 537 g/mol. The Bertz CT molecular complexity index is 1340. The molecule has 11 heteroatoms. The molecule has 9 nitrogen and oxygen atoms in total. The summed E-state index contributed by atoms with van der Waals surface area (Å²) in [7, 11) is 1.96. The summed E-state index contributed by atoms with van der Waals surface area (Å²) in [5, 5.41) is 9.59. The van der Waals surface area contributed by atoms with E-state index in [1.807, 2.05) is 7.05 Å². The third-order valence-corrected chi connectivity index (χ3v) is 8.61. The fourth-order valence-corrected chi connectivity index (χ4v) is 6.31. The van der Waals surface area contributed by atoms with E-state index in [0.29, 0.717) is 38.5 Å². The van der Waals surface area contributed by atoms with Crippen LogP contribution in [0, 0.1) is 5.82 Å². The smallest absolute Gasteiger partial charge is 0.261 e. The number of carbonyl (C=O) groups excluding carboxylic acids is 2. The molecule has 5 rings (SSSR count). The van der Waals surface area contributed by atoms with Crippen molar-refractivity contribution in [3.05, 3.63) is 53.3 Å². The number of hydrogen-bond acceptors (Lipinski definition) is 7. The van der Waals surface area contributed by atoms with Gasteiger partial charge in [-0.3, -0.25) is 14.5 Å². The quantitative estimate of drug-likeness (QED) is 0.533. The number of likely N-dealkylation sites (N-methyl/N-ethyl adjacent to an activating group) is 1. The second kappa shape index (κ2) is 11.0. The Morgan fingerprint density at radius 2 is 2.08 bits per heavy atom. The van der Waals surface area contributed by atoms with Gasteiger partial charge in [-0.25, -0.2) is 9.37 Å². The summed E-state index contributed by atoms with van der Waals surface area (Å²) in [5.41, 5.74) is 0.238. The number of nitrogens with zero attached hydrogens (tertiary/aromatic N) is 5. The highest BCUT2D eigenvalue weighted by Crippen LogP contribution is 2.47. The van der Waals surface area contributed by atoms with Crippen molar-refractivity contribution >= 4 is 29.2 Å². The van der Waals surface area contributed by atoms with Crippen LogP contribution in [-0.2, 0) is 4.79 Å². The molecule has 0 saturated carbocycles. The maximum absolute atomic E-state index is 15.0. The Morgan fingerprint density at radius 1 is 1.32 bits per heavy atom. The van der Waals surface area contributed by atoms with Gasteiger partial charge in [-0.05, 0) is 45.5 Å². The van der Waals surface area contributed by atoms with Gasteiger partial charge >= 0.3 is 0 Å². The molecular formula is C29H35ClFN5O4. The third kappa shape index (κ3) is 4.93. The van der Waals surface area contributed by atoms with Gasteiger partial charge in [0, 0.05) is 49.9 Å². The Morgan fingerprint density at radius 3 is 2.77 bits per heavy atom. The number of anilines is 1. The fourth-order valence-electron chi connectivity index (χ4n) is 6.02. The lowest BCUT2D eigenvalue weighted by atomic mass is 9.98. The number of halogens is 2. The van der Waals surface area contributed by atoms with Gasteiger partial charge in [0.05, 0.1) is 18.3 Å². The lowest BCUT2D eigenvalue weighted by molar-refractivity contribution is -0.128. The molecule has 0 spiro atoms. The van der Waals surface area contributed by atoms with E-state index in [1.165, 1.54) is 12.1 Å². The van der Waals surface area contributed by atoms with Crippen LogP contribution in [0.25, 0.3) is 11.3 Å². The molecule has 214 valence electrons. The normalized spacial score (nSPS) is 22.1. The van der Waals surface area contributed by atoms with Gasteiger partial charge in [0.25, 0.3) is 5.91 Å². The van der Waals surface area contributed by atoms with Crippen LogP contribution in [0.4, 0.5) is 10.2 Å². The monoisotopic (exact) mass is 571 g/mol. The van der Waals surface area contributed by atoms with E-state index in [1.54, 1.807) is 28.0 Å². The van der Waals surface area contributed by atoms with E-state index >= 15 is 4.39 Å². The first-order chi connectivity index (χ1) is 19.1. The minimum atomic E-state index is -0.486. The summed E-state index contributed by atoms with van der Waals surface area (Å²) in [6.07, 6.45) is 2.03. The first-order valence-electron chi connectivity index (χ1n) is 13.5. The minimum absolute atomic E-state index is 0.0352. The van der Waals surface area contributed by atoms with Gasteiger partial charge in [-0.2, -0.15) is 0 Å². The maximum atomic E-state index is 15.0. The molecule has 3 aliphatic heterocycles. The van der Waals surface area contributed by atoms with Crippen molar-refractivity contribution in [3.63, 3.8) is 0 Å². The molecule has 4 heterocycles. The standard InChI is InChI=1S/C29H35ClFN5O4/c1-5-22(38)34-10-11-35-19(15-34)17-40-26-23(28(35)39)27(32-25(24(26)30)20-8-6-7-9-21(20)31)36-16-18(14-29(36,2)3)33(4)12-13-37/h5-9,18-19,37H,1,10-17H2,2-4H3/t18?,19-/m1/s1. The van der Waals surface area contributed by atoms with Crippen molar-refractivity contribution in [3.8, 4) is 17.0 Å². The van der Waals surface area contributed by atoms with E-state index in [4.69, 9.17) is 21.3 Å². The lowest BCUT2D eigenvalue weighted by Crippen LogP contribution is -2.57. The second-order valence-corrected chi connectivity index (χ2v) is 11.6. The van der Waals surface area contributed by atoms with Crippen molar-refractivity contribution in [2.24, 2.45) is 0 Å². The van der Waals surface area contributed by atoms with Gasteiger partial charge in [-0.1, -0.05) is 30.3 Å². The molecule has 2 atom stereocenters. The summed E-state index contributed by atoms with van der Waals surface area (Å²) in [5.74, 6) is -0.407. The summed E-state index contributed by atoms with van der Waals surface area (Å²) >= 11 is 6.88. The maximum Gasteiger partial charge on any atom is 0.261 e. The number of rotatable bonds is 6. The molecule has 40 heavy (non-hydrogen) atoms. The summed E-state index contributed by atoms with van der Waals surface area (Å²) in [4.78, 5) is 39.0. The molecule has 2 amide bonds. The van der Waals surface area contributed by atoms with Crippen LogP contribution in [0.1, 0.15) is 30.6 Å². The summed E-state index contributed by atoms with van der Waals surface area (Å²) in [6.45, 7) is 9.94. The summed E-state index contributed by atoms with van der Waals surface area (Å²) in [6, 6.07) is 5.95. The van der Waals surface area contributed by atoms with Crippen LogP contribution in [0.2, 0.25) is 5.02 Å². The average Bonchev–Trinajstić information content (AvgIpc) is 3.18. The molecule has 1 unspecified atom stereocenters. The van der Waals surface area contributed by atoms with Crippen molar-refractivity contribution < 1.29 is 23.8 Å². The van der Waals surface area contributed by atoms with E-state index < -0.39 is 17.4 Å². The number of piperazine rings is 1. The highest BCUT2D eigenvalue weighted by molar-refractivity contribution is 6.35. The largest absolute Gasteiger partial charge is 0.489 e. The van der Waals surface area contributed by atoms with Gasteiger partial charge in [0.2, 0.25) is 5.91 Å². The van der Waals surface area contributed by atoms with E-state index in [0.717, 1.165) is 6.42 Å². The summed E-state index contributed by atoms with van der Waals surface area (Å²) < 4.78 is 21.3. The number of benzene rings is 1. The van der Waals surface area contributed by atoms with Crippen molar-refractivity contribution in [1.29, 1.82) is 0 Å². The minimum Gasteiger partial charge on any atom is -0.489 e. The van der Waals surface area contributed by atoms with E-state index in [2.05, 4.69) is 30.2 Å². The number of aromatic nitrogens is 1. The number of hydrogen-bond donors (Lipinski definition) is 1. The first kappa shape index (κ1) is 28.3. The molecule has 2 saturated heterocycles. The number of carbonyl (C=O) groups is 2.